The van der Waals surface area contributed by atoms with Crippen LogP contribution in [0.1, 0.15) is 24.2 Å². The number of hydrogen-bond donors (Lipinski definition) is 0. The SMILES string of the molecule is CC.COC(=O)c1cccc(-c2noc(-c3ccccc3)n2)c1. The van der Waals surface area contributed by atoms with E-state index in [4.69, 9.17) is 9.26 Å². The van der Waals surface area contributed by atoms with Crippen molar-refractivity contribution in [2.45, 2.75) is 13.8 Å². The van der Waals surface area contributed by atoms with Crippen LogP contribution >= 0.6 is 0 Å². The standard InChI is InChI=1S/C16H12N2O3.C2H6/c1-20-16(19)13-9-5-8-12(10-13)14-17-15(21-18-14)11-6-3-2-4-7-11;1-2/h2-10H,1H3;1-2H3. The third kappa shape index (κ3) is 3.83. The zero-order valence-corrected chi connectivity index (χ0v) is 13.3. The summed E-state index contributed by atoms with van der Waals surface area (Å²) in [5.41, 5.74) is 1.99. The van der Waals surface area contributed by atoms with Gasteiger partial charge >= 0.3 is 5.97 Å². The Morgan fingerprint density at radius 3 is 2.39 bits per heavy atom. The van der Waals surface area contributed by atoms with Crippen LogP contribution in [0.3, 0.4) is 0 Å². The largest absolute Gasteiger partial charge is 0.465 e. The lowest BCUT2D eigenvalue weighted by atomic mass is 10.1. The second-order valence-electron chi connectivity index (χ2n) is 4.36. The van der Waals surface area contributed by atoms with E-state index in [1.54, 1.807) is 18.2 Å². The minimum Gasteiger partial charge on any atom is -0.465 e. The summed E-state index contributed by atoms with van der Waals surface area (Å²) in [6.45, 7) is 4.00. The van der Waals surface area contributed by atoms with Crippen LogP contribution in [0.4, 0.5) is 0 Å². The van der Waals surface area contributed by atoms with Gasteiger partial charge in [0.05, 0.1) is 12.7 Å². The summed E-state index contributed by atoms with van der Waals surface area (Å²) in [4.78, 5) is 15.9. The maximum absolute atomic E-state index is 11.5. The Kier molecular flexibility index (Phi) is 5.63. The number of rotatable bonds is 3. The highest BCUT2D eigenvalue weighted by Gasteiger charge is 2.12. The van der Waals surface area contributed by atoms with E-state index in [0.717, 1.165) is 5.56 Å². The quantitative estimate of drug-likeness (QED) is 0.678. The third-order valence-electron chi connectivity index (χ3n) is 2.99. The van der Waals surface area contributed by atoms with Crippen LogP contribution < -0.4 is 0 Å². The molecule has 0 atom stereocenters. The molecular weight excluding hydrogens is 292 g/mol. The lowest BCUT2D eigenvalue weighted by molar-refractivity contribution is 0.0601. The van der Waals surface area contributed by atoms with Gasteiger partial charge in [-0.25, -0.2) is 4.79 Å². The zero-order chi connectivity index (χ0) is 16.7. The molecule has 1 heterocycles. The number of nitrogens with zero attached hydrogens (tertiary/aromatic N) is 2. The predicted octanol–water partition coefficient (Wildman–Crippen LogP) is 4.22. The monoisotopic (exact) mass is 310 g/mol. The first-order chi connectivity index (χ1) is 11.3. The van der Waals surface area contributed by atoms with Crippen LogP contribution in [0.15, 0.2) is 59.1 Å². The van der Waals surface area contributed by atoms with Crippen LogP contribution in [0, 0.1) is 0 Å². The number of esters is 1. The molecule has 0 aliphatic heterocycles. The number of methoxy groups -OCH3 is 1. The number of hydrogen-bond acceptors (Lipinski definition) is 5. The van der Waals surface area contributed by atoms with Crippen molar-refractivity contribution in [1.82, 2.24) is 10.1 Å². The van der Waals surface area contributed by atoms with Gasteiger partial charge in [0.2, 0.25) is 5.82 Å². The van der Waals surface area contributed by atoms with E-state index in [2.05, 4.69) is 10.1 Å². The van der Waals surface area contributed by atoms with Crippen LogP contribution in [-0.4, -0.2) is 23.2 Å². The van der Waals surface area contributed by atoms with Crippen molar-refractivity contribution in [3.8, 4) is 22.8 Å². The first kappa shape index (κ1) is 16.4. The molecule has 0 saturated carbocycles. The molecule has 0 N–H and O–H groups in total. The van der Waals surface area contributed by atoms with E-state index < -0.39 is 5.97 Å². The van der Waals surface area contributed by atoms with Crippen molar-refractivity contribution in [1.29, 1.82) is 0 Å². The van der Waals surface area contributed by atoms with Crippen molar-refractivity contribution in [3.05, 3.63) is 60.2 Å². The molecule has 0 amide bonds. The fraction of sp³-hybridized carbons (Fsp3) is 0.167. The molecule has 5 nitrogen and oxygen atoms in total. The minimum atomic E-state index is -0.399. The summed E-state index contributed by atoms with van der Waals surface area (Å²) < 4.78 is 9.95. The predicted molar refractivity (Wildman–Crippen MR) is 87.9 cm³/mol. The topological polar surface area (TPSA) is 65.2 Å². The Morgan fingerprint density at radius 2 is 1.70 bits per heavy atom. The summed E-state index contributed by atoms with van der Waals surface area (Å²) in [5, 5.41) is 3.95. The molecule has 0 unspecified atom stereocenters. The molecule has 0 aliphatic rings. The molecule has 0 fully saturated rings. The molecule has 0 spiro atoms. The maximum Gasteiger partial charge on any atom is 0.337 e. The summed E-state index contributed by atoms with van der Waals surface area (Å²) in [5.74, 6) is 0.470. The Hall–Kier alpha value is -2.95. The van der Waals surface area contributed by atoms with E-state index >= 15 is 0 Å². The number of carbonyl (C=O) groups excluding carboxylic acids is 1. The Balaban J connectivity index is 0.000000924. The van der Waals surface area contributed by atoms with Gasteiger partial charge in [-0.2, -0.15) is 4.98 Å². The molecular formula is C18H18N2O3. The molecule has 23 heavy (non-hydrogen) atoms. The molecule has 2 aromatic carbocycles. The summed E-state index contributed by atoms with van der Waals surface area (Å²) in [6, 6.07) is 16.4. The van der Waals surface area contributed by atoms with Gasteiger partial charge in [-0.05, 0) is 24.3 Å². The fourth-order valence-electron chi connectivity index (χ4n) is 1.94. The van der Waals surface area contributed by atoms with E-state index in [-0.39, 0.29) is 0 Å². The Labute approximate surface area is 134 Å². The van der Waals surface area contributed by atoms with Gasteiger partial charge in [0, 0.05) is 11.1 Å². The van der Waals surface area contributed by atoms with Crippen molar-refractivity contribution < 1.29 is 14.1 Å². The van der Waals surface area contributed by atoms with Gasteiger partial charge in [0.1, 0.15) is 0 Å². The van der Waals surface area contributed by atoms with Gasteiger partial charge in [-0.1, -0.05) is 49.3 Å². The smallest absolute Gasteiger partial charge is 0.337 e. The number of aromatic nitrogens is 2. The number of carbonyl (C=O) groups is 1. The minimum absolute atomic E-state index is 0.399. The lowest BCUT2D eigenvalue weighted by Gasteiger charge is -2.00. The second-order valence-corrected chi connectivity index (χ2v) is 4.36. The van der Waals surface area contributed by atoms with Crippen molar-refractivity contribution >= 4 is 5.97 Å². The average Bonchev–Trinajstić information content (AvgIpc) is 3.14. The highest BCUT2D eigenvalue weighted by molar-refractivity contribution is 5.90. The second kappa shape index (κ2) is 7.89. The van der Waals surface area contributed by atoms with Crippen molar-refractivity contribution in [3.63, 3.8) is 0 Å². The summed E-state index contributed by atoms with van der Waals surface area (Å²) in [6.07, 6.45) is 0. The van der Waals surface area contributed by atoms with Crippen LogP contribution in [-0.2, 0) is 4.74 Å². The van der Waals surface area contributed by atoms with Crippen LogP contribution in [0.25, 0.3) is 22.8 Å². The Morgan fingerprint density at radius 1 is 1.00 bits per heavy atom. The number of ether oxygens (including phenoxy) is 1. The summed E-state index contributed by atoms with van der Waals surface area (Å²) >= 11 is 0. The molecule has 3 aromatic rings. The molecule has 118 valence electrons. The average molecular weight is 310 g/mol. The third-order valence-corrected chi connectivity index (χ3v) is 2.99. The van der Waals surface area contributed by atoms with E-state index in [0.29, 0.717) is 22.8 Å². The molecule has 3 rings (SSSR count). The molecule has 0 saturated heterocycles. The van der Waals surface area contributed by atoms with E-state index in [1.807, 2.05) is 50.2 Å². The molecule has 0 bridgehead atoms. The molecule has 0 radical (unpaired) electrons. The normalized spacial score (nSPS) is 9.70. The van der Waals surface area contributed by atoms with Gasteiger partial charge < -0.3 is 9.26 Å². The number of benzene rings is 2. The van der Waals surface area contributed by atoms with Gasteiger partial charge in [0.25, 0.3) is 5.89 Å². The van der Waals surface area contributed by atoms with Gasteiger partial charge in [0.15, 0.2) is 0 Å². The fourth-order valence-corrected chi connectivity index (χ4v) is 1.94. The van der Waals surface area contributed by atoms with Gasteiger partial charge in [-0.3, -0.25) is 0 Å². The lowest BCUT2D eigenvalue weighted by Crippen LogP contribution is -2.00. The molecule has 5 heteroatoms. The summed E-state index contributed by atoms with van der Waals surface area (Å²) in [7, 11) is 1.34. The van der Waals surface area contributed by atoms with Crippen molar-refractivity contribution in [2.24, 2.45) is 0 Å². The van der Waals surface area contributed by atoms with E-state index in [1.165, 1.54) is 7.11 Å². The Bertz CT molecular complexity index is 767. The first-order valence-electron chi connectivity index (χ1n) is 7.36. The molecule has 1 aromatic heterocycles. The van der Waals surface area contributed by atoms with E-state index in [9.17, 15) is 4.79 Å². The highest BCUT2D eigenvalue weighted by atomic mass is 16.5. The van der Waals surface area contributed by atoms with Gasteiger partial charge in [-0.15, -0.1) is 0 Å². The zero-order valence-electron chi connectivity index (χ0n) is 13.3. The van der Waals surface area contributed by atoms with Crippen LogP contribution in [0.5, 0.6) is 0 Å². The highest BCUT2D eigenvalue weighted by Crippen LogP contribution is 2.22. The molecule has 0 aliphatic carbocycles. The van der Waals surface area contributed by atoms with Crippen molar-refractivity contribution in [2.75, 3.05) is 7.11 Å². The first-order valence-corrected chi connectivity index (χ1v) is 7.36. The van der Waals surface area contributed by atoms with Crippen LogP contribution in [0.2, 0.25) is 0 Å². The maximum atomic E-state index is 11.5.